The Morgan fingerprint density at radius 1 is 0.290 bits per heavy atom. The third-order valence-electron chi connectivity index (χ3n) is 16.9. The van der Waals surface area contributed by atoms with Crippen molar-refractivity contribution in [3.05, 3.63) is 85.1 Å². The smallest absolute Gasteiger partial charge is 0.462 e. The van der Waals surface area contributed by atoms with Gasteiger partial charge in [-0.3, -0.25) is 37.3 Å². The lowest BCUT2D eigenvalue weighted by Crippen LogP contribution is -2.30. The van der Waals surface area contributed by atoms with E-state index in [4.69, 9.17) is 37.0 Å². The maximum absolute atomic E-state index is 13.1. The van der Waals surface area contributed by atoms with Crippen LogP contribution in [0.4, 0.5) is 0 Å². The maximum Gasteiger partial charge on any atom is 0.472 e. The Morgan fingerprint density at radius 2 is 0.520 bits per heavy atom. The van der Waals surface area contributed by atoms with Crippen molar-refractivity contribution in [1.29, 1.82) is 0 Å². The Labute approximate surface area is 608 Å². The number of esters is 4. The Morgan fingerprint density at radius 3 is 0.830 bits per heavy atom. The molecule has 0 aliphatic carbocycles. The molecular formula is C81H144O17P2. The van der Waals surface area contributed by atoms with E-state index >= 15 is 0 Å². The van der Waals surface area contributed by atoms with Crippen LogP contribution < -0.4 is 0 Å². The zero-order chi connectivity index (χ0) is 73.2. The Balaban J connectivity index is 5.33. The van der Waals surface area contributed by atoms with Crippen LogP contribution in [0.3, 0.4) is 0 Å². The molecule has 580 valence electrons. The summed E-state index contributed by atoms with van der Waals surface area (Å²) >= 11 is 0. The van der Waals surface area contributed by atoms with Crippen LogP contribution in [-0.2, 0) is 65.4 Å². The number of aliphatic hydroxyl groups excluding tert-OH is 1. The standard InChI is InChI=1S/C81H144O17P2/c1-5-9-13-17-21-25-29-32-35-36-37-38-41-43-47-50-54-58-62-66-79(84)91-71-76(97-80(85)67-63-59-55-51-45-28-24-20-16-12-8-4)73-95-99(87,88)93-69-75(82)70-94-100(89,90)96-74-77(98-81(86)68-64-60-56-52-48-44-40-34-31-27-23-19-15-11-7-3)72-92-78(83)65-61-57-53-49-46-42-39-33-30-26-22-18-14-10-6-2/h9,13,21-22,25-26,32-33,35,37-39,43,47,75-77,82H,5-8,10-12,14-20,23-24,27-31,34,36,40-42,44-46,48-74H2,1-4H3,(H,87,88)(H,89,90)/b13-9-,25-21-,26-22-,35-32-,38-37-,39-33-,47-43-. The molecule has 0 saturated heterocycles. The quantitative estimate of drug-likeness (QED) is 0.0169. The van der Waals surface area contributed by atoms with E-state index in [1.54, 1.807) is 0 Å². The summed E-state index contributed by atoms with van der Waals surface area (Å²) in [4.78, 5) is 72.9. The van der Waals surface area contributed by atoms with Crippen molar-refractivity contribution in [2.24, 2.45) is 0 Å². The minimum Gasteiger partial charge on any atom is -0.462 e. The number of allylic oxidation sites excluding steroid dienone is 14. The zero-order valence-electron chi connectivity index (χ0n) is 63.4. The average molecular weight is 1450 g/mol. The van der Waals surface area contributed by atoms with E-state index in [2.05, 4.69) is 113 Å². The molecule has 0 saturated carbocycles. The van der Waals surface area contributed by atoms with Gasteiger partial charge in [0.05, 0.1) is 26.4 Å². The number of rotatable bonds is 75. The van der Waals surface area contributed by atoms with Gasteiger partial charge >= 0.3 is 39.5 Å². The van der Waals surface area contributed by atoms with Gasteiger partial charge in [0.2, 0.25) is 0 Å². The molecule has 3 N–H and O–H groups in total. The molecule has 19 heteroatoms. The summed E-state index contributed by atoms with van der Waals surface area (Å²) in [6.45, 7) is 4.73. The number of hydrogen-bond donors (Lipinski definition) is 3. The SMILES string of the molecule is CC/C=C\C/C=C\C/C=C\C/C=C\C/C=C\CCCCCC(=O)OCC(COP(=O)(O)OCC(O)COP(=O)(O)OCC(COC(=O)CCCCCCC/C=C\C/C=C\CCCCC)OC(=O)CCCCCCCCCCCCCCCCC)OC(=O)CCCCCCCCCCCCC. The number of aliphatic hydroxyl groups is 1. The summed E-state index contributed by atoms with van der Waals surface area (Å²) in [6.07, 6.45) is 75.6. The number of phosphoric acid groups is 2. The monoisotopic (exact) mass is 1450 g/mol. The third kappa shape index (κ3) is 72.6. The van der Waals surface area contributed by atoms with Crippen molar-refractivity contribution in [3.63, 3.8) is 0 Å². The highest BCUT2D eigenvalue weighted by Crippen LogP contribution is 2.45. The van der Waals surface area contributed by atoms with Crippen LogP contribution >= 0.6 is 15.6 Å². The lowest BCUT2D eigenvalue weighted by Gasteiger charge is -2.21. The molecule has 0 amide bonds. The Bertz CT molecular complexity index is 2230. The van der Waals surface area contributed by atoms with E-state index in [0.29, 0.717) is 25.7 Å². The Hall–Kier alpha value is -3.76. The van der Waals surface area contributed by atoms with Crippen molar-refractivity contribution in [2.45, 2.75) is 367 Å². The predicted molar refractivity (Wildman–Crippen MR) is 409 cm³/mol. The van der Waals surface area contributed by atoms with Crippen molar-refractivity contribution in [1.82, 2.24) is 0 Å². The summed E-state index contributed by atoms with van der Waals surface area (Å²) in [5, 5.41) is 10.6. The average Bonchev–Trinajstić information content (AvgIpc) is 0.953. The molecular weight excluding hydrogens is 1310 g/mol. The highest BCUT2D eigenvalue weighted by Gasteiger charge is 2.30. The van der Waals surface area contributed by atoms with Gasteiger partial charge in [-0.25, -0.2) is 9.13 Å². The first-order valence-electron chi connectivity index (χ1n) is 39.8. The van der Waals surface area contributed by atoms with Crippen LogP contribution in [0, 0.1) is 0 Å². The molecule has 17 nitrogen and oxygen atoms in total. The van der Waals surface area contributed by atoms with E-state index in [0.717, 1.165) is 148 Å². The van der Waals surface area contributed by atoms with Crippen LogP contribution in [0.2, 0.25) is 0 Å². The van der Waals surface area contributed by atoms with Gasteiger partial charge in [-0.1, -0.05) is 305 Å². The van der Waals surface area contributed by atoms with E-state index in [1.807, 2.05) is 0 Å². The fraction of sp³-hybridized carbons (Fsp3) is 0.778. The predicted octanol–water partition coefficient (Wildman–Crippen LogP) is 23.0. The molecule has 0 heterocycles. The molecule has 0 aliphatic heterocycles. The van der Waals surface area contributed by atoms with Gasteiger partial charge in [0, 0.05) is 25.7 Å². The van der Waals surface area contributed by atoms with E-state index in [9.17, 15) is 43.2 Å². The van der Waals surface area contributed by atoms with Crippen molar-refractivity contribution in [2.75, 3.05) is 39.6 Å². The molecule has 5 atom stereocenters. The molecule has 0 aromatic heterocycles. The van der Waals surface area contributed by atoms with Crippen LogP contribution in [0.25, 0.3) is 0 Å². The van der Waals surface area contributed by atoms with Gasteiger partial charge in [-0.05, 0) is 103 Å². The van der Waals surface area contributed by atoms with Gasteiger partial charge in [0.1, 0.15) is 19.3 Å². The first-order valence-corrected chi connectivity index (χ1v) is 42.8. The zero-order valence-corrected chi connectivity index (χ0v) is 65.2. The Kier molecular flexibility index (Phi) is 70.8. The topological polar surface area (TPSA) is 237 Å². The second kappa shape index (κ2) is 73.5. The minimum absolute atomic E-state index is 0.0906. The normalized spacial score (nSPS) is 14.3. The van der Waals surface area contributed by atoms with Gasteiger partial charge in [0.25, 0.3) is 0 Å². The number of hydrogen-bond acceptors (Lipinski definition) is 15. The summed E-state index contributed by atoms with van der Waals surface area (Å²) in [5.41, 5.74) is 0. The first-order chi connectivity index (χ1) is 48.7. The first kappa shape index (κ1) is 96.2. The summed E-state index contributed by atoms with van der Waals surface area (Å²) < 4.78 is 68.5. The van der Waals surface area contributed by atoms with Gasteiger partial charge in [0.15, 0.2) is 12.2 Å². The summed E-state index contributed by atoms with van der Waals surface area (Å²) in [6, 6.07) is 0. The molecule has 100 heavy (non-hydrogen) atoms. The highest BCUT2D eigenvalue weighted by atomic mass is 31.2. The lowest BCUT2D eigenvalue weighted by atomic mass is 10.0. The number of phosphoric ester groups is 2. The molecule has 0 aliphatic rings. The number of ether oxygens (including phenoxy) is 4. The number of unbranched alkanes of at least 4 members (excludes halogenated alkanes) is 35. The highest BCUT2D eigenvalue weighted by molar-refractivity contribution is 7.47. The molecule has 0 rings (SSSR count). The largest absolute Gasteiger partial charge is 0.472 e. The summed E-state index contributed by atoms with van der Waals surface area (Å²) in [7, 11) is -9.95. The second-order valence-corrected chi connectivity index (χ2v) is 29.5. The van der Waals surface area contributed by atoms with Gasteiger partial charge < -0.3 is 33.8 Å². The lowest BCUT2D eigenvalue weighted by molar-refractivity contribution is -0.161. The molecule has 0 bridgehead atoms. The fourth-order valence-electron chi connectivity index (χ4n) is 10.8. The van der Waals surface area contributed by atoms with E-state index in [-0.39, 0.29) is 25.7 Å². The van der Waals surface area contributed by atoms with Gasteiger partial charge in [-0.15, -0.1) is 0 Å². The molecule has 0 radical (unpaired) electrons. The molecule has 0 aromatic carbocycles. The number of carbonyl (C=O) groups excluding carboxylic acids is 4. The van der Waals surface area contributed by atoms with Crippen molar-refractivity contribution in [3.8, 4) is 0 Å². The maximum atomic E-state index is 13.1. The van der Waals surface area contributed by atoms with E-state index in [1.165, 1.54) is 122 Å². The van der Waals surface area contributed by atoms with Crippen LogP contribution in [-0.4, -0.2) is 96.7 Å². The van der Waals surface area contributed by atoms with Crippen LogP contribution in [0.5, 0.6) is 0 Å². The van der Waals surface area contributed by atoms with Crippen LogP contribution in [0.15, 0.2) is 85.1 Å². The fourth-order valence-corrected chi connectivity index (χ4v) is 12.4. The number of carbonyl (C=O) groups is 4. The summed E-state index contributed by atoms with van der Waals surface area (Å²) in [5.74, 6) is -2.20. The molecule has 0 aromatic rings. The van der Waals surface area contributed by atoms with Crippen LogP contribution in [0.1, 0.15) is 349 Å². The second-order valence-electron chi connectivity index (χ2n) is 26.6. The van der Waals surface area contributed by atoms with Crippen molar-refractivity contribution >= 4 is 39.5 Å². The van der Waals surface area contributed by atoms with Gasteiger partial charge in [-0.2, -0.15) is 0 Å². The molecule has 5 unspecified atom stereocenters. The third-order valence-corrected chi connectivity index (χ3v) is 18.8. The van der Waals surface area contributed by atoms with Crippen molar-refractivity contribution < 1.29 is 80.2 Å². The minimum atomic E-state index is -4.98. The van der Waals surface area contributed by atoms with E-state index < -0.39 is 97.5 Å². The molecule has 0 spiro atoms. The molecule has 0 fully saturated rings.